The van der Waals surface area contributed by atoms with E-state index in [1.165, 1.54) is 0 Å². The fourth-order valence-corrected chi connectivity index (χ4v) is 2.17. The minimum atomic E-state index is -3.15. The zero-order valence-corrected chi connectivity index (χ0v) is 12.2. The van der Waals surface area contributed by atoms with Gasteiger partial charge in [0.2, 0.25) is 15.9 Å². The van der Waals surface area contributed by atoms with Crippen molar-refractivity contribution in [1.82, 2.24) is 15.0 Å². The van der Waals surface area contributed by atoms with E-state index in [9.17, 15) is 13.2 Å². The molecule has 0 fully saturated rings. The number of amides is 1. The van der Waals surface area contributed by atoms with Gasteiger partial charge in [0.15, 0.2) is 0 Å². The minimum absolute atomic E-state index is 0.358. The Morgan fingerprint density at radius 3 is 2.70 bits per heavy atom. The zero-order valence-electron chi connectivity index (χ0n) is 11.4. The molecule has 1 atom stereocenters. The smallest absolute Gasteiger partial charge is 0.227 e. The van der Waals surface area contributed by atoms with Gasteiger partial charge in [-0.2, -0.15) is 0 Å². The van der Waals surface area contributed by atoms with Crippen molar-refractivity contribution in [2.75, 3.05) is 25.9 Å². The Morgan fingerprint density at radius 1 is 1.40 bits per heavy atom. The van der Waals surface area contributed by atoms with Gasteiger partial charge in [-0.05, 0) is 25.1 Å². The quantitative estimate of drug-likeness (QED) is 0.516. The lowest BCUT2D eigenvalue weighted by atomic mass is 10.0. The summed E-state index contributed by atoms with van der Waals surface area (Å²) in [5, 5.41) is 3.08. The van der Waals surface area contributed by atoms with Gasteiger partial charge in [0.25, 0.3) is 0 Å². The van der Waals surface area contributed by atoms with E-state index in [4.69, 9.17) is 5.73 Å². The van der Waals surface area contributed by atoms with Crippen LogP contribution >= 0.6 is 0 Å². The third kappa shape index (κ3) is 6.60. The van der Waals surface area contributed by atoms with Gasteiger partial charge in [-0.3, -0.25) is 9.78 Å². The Bertz CT molecular complexity index is 519. The summed E-state index contributed by atoms with van der Waals surface area (Å²) in [6.45, 7) is 1.32. The summed E-state index contributed by atoms with van der Waals surface area (Å²) in [6, 6.07) is 5.32. The van der Waals surface area contributed by atoms with Crippen molar-refractivity contribution in [3.63, 3.8) is 0 Å². The van der Waals surface area contributed by atoms with Crippen LogP contribution in [0.15, 0.2) is 24.4 Å². The molecule has 0 spiro atoms. The first-order chi connectivity index (χ1) is 9.40. The van der Waals surface area contributed by atoms with Gasteiger partial charge >= 0.3 is 0 Å². The van der Waals surface area contributed by atoms with Crippen LogP contribution in [0.1, 0.15) is 18.0 Å². The van der Waals surface area contributed by atoms with Crippen LogP contribution in [0.4, 0.5) is 0 Å². The largest absolute Gasteiger partial charge is 0.369 e. The first-order valence-electron chi connectivity index (χ1n) is 6.26. The van der Waals surface area contributed by atoms with E-state index >= 15 is 0 Å². The summed E-state index contributed by atoms with van der Waals surface area (Å²) in [4.78, 5) is 15.5. The molecule has 0 saturated carbocycles. The summed E-state index contributed by atoms with van der Waals surface area (Å²) in [5.41, 5.74) is 5.98. The molecule has 1 rings (SSSR count). The maximum Gasteiger partial charge on any atom is 0.227 e. The second-order valence-electron chi connectivity index (χ2n) is 4.43. The van der Waals surface area contributed by atoms with E-state index in [0.717, 1.165) is 6.26 Å². The Kier molecular flexibility index (Phi) is 6.56. The van der Waals surface area contributed by atoms with Gasteiger partial charge in [-0.15, -0.1) is 0 Å². The summed E-state index contributed by atoms with van der Waals surface area (Å²) >= 11 is 0. The van der Waals surface area contributed by atoms with Gasteiger partial charge in [0.05, 0.1) is 17.9 Å². The van der Waals surface area contributed by atoms with Gasteiger partial charge in [-0.25, -0.2) is 13.1 Å². The van der Waals surface area contributed by atoms with Crippen molar-refractivity contribution < 1.29 is 13.2 Å². The van der Waals surface area contributed by atoms with E-state index in [1.807, 2.05) is 0 Å². The number of aromatic nitrogens is 1. The number of nitrogens with zero attached hydrogens (tertiary/aromatic N) is 1. The molecule has 4 N–H and O–H groups in total. The average molecular weight is 300 g/mol. The maximum absolute atomic E-state index is 11.4. The number of carbonyl (C=O) groups is 1. The van der Waals surface area contributed by atoms with E-state index in [1.54, 1.807) is 24.4 Å². The highest BCUT2D eigenvalue weighted by atomic mass is 32.2. The van der Waals surface area contributed by atoms with Crippen molar-refractivity contribution in [3.05, 3.63) is 30.1 Å². The minimum Gasteiger partial charge on any atom is -0.369 e. The van der Waals surface area contributed by atoms with E-state index in [0.29, 0.717) is 31.7 Å². The molecule has 0 aliphatic rings. The number of hydrogen-bond donors (Lipinski definition) is 3. The predicted molar refractivity (Wildman–Crippen MR) is 76.5 cm³/mol. The van der Waals surface area contributed by atoms with Crippen LogP contribution < -0.4 is 15.8 Å². The van der Waals surface area contributed by atoms with Gasteiger partial charge in [0, 0.05) is 19.3 Å². The van der Waals surface area contributed by atoms with Crippen molar-refractivity contribution in [1.29, 1.82) is 0 Å². The Balaban J connectivity index is 2.33. The molecule has 0 aliphatic heterocycles. The highest BCUT2D eigenvalue weighted by Crippen LogP contribution is 2.10. The van der Waals surface area contributed by atoms with Crippen LogP contribution in [0.25, 0.3) is 0 Å². The van der Waals surface area contributed by atoms with Gasteiger partial charge < -0.3 is 11.1 Å². The number of sulfonamides is 1. The third-order valence-corrected chi connectivity index (χ3v) is 3.36. The molecule has 0 saturated heterocycles. The molecule has 1 aromatic rings. The maximum atomic E-state index is 11.4. The molecule has 20 heavy (non-hydrogen) atoms. The molecule has 1 amide bonds. The molecule has 1 unspecified atom stereocenters. The third-order valence-electron chi connectivity index (χ3n) is 2.63. The van der Waals surface area contributed by atoms with Crippen molar-refractivity contribution in [3.8, 4) is 0 Å². The number of nitrogens with two attached hydrogens (primary N) is 1. The van der Waals surface area contributed by atoms with Gasteiger partial charge in [-0.1, -0.05) is 6.07 Å². The average Bonchev–Trinajstić information content (AvgIpc) is 2.37. The second-order valence-corrected chi connectivity index (χ2v) is 6.27. The number of rotatable bonds is 9. The van der Waals surface area contributed by atoms with Crippen LogP contribution in [0.2, 0.25) is 0 Å². The first kappa shape index (κ1) is 16.5. The first-order valence-corrected chi connectivity index (χ1v) is 8.15. The summed E-state index contributed by atoms with van der Waals surface area (Å²) < 4.78 is 24.1. The van der Waals surface area contributed by atoms with Crippen LogP contribution in [-0.2, 0) is 14.8 Å². The van der Waals surface area contributed by atoms with Gasteiger partial charge in [0.1, 0.15) is 0 Å². The summed E-state index contributed by atoms with van der Waals surface area (Å²) in [5.74, 6) is -0.926. The topological polar surface area (TPSA) is 114 Å². The monoisotopic (exact) mass is 300 g/mol. The SMILES string of the molecule is CS(=O)(=O)NCCCNCC(C(N)=O)c1ccccn1. The molecule has 0 bridgehead atoms. The van der Waals surface area contributed by atoms with E-state index < -0.39 is 21.8 Å². The predicted octanol–water partition coefficient (Wildman–Crippen LogP) is -0.821. The normalized spacial score (nSPS) is 13.1. The van der Waals surface area contributed by atoms with Crippen LogP contribution in [0.3, 0.4) is 0 Å². The molecule has 0 aromatic carbocycles. The molecule has 112 valence electrons. The molecule has 8 heteroatoms. The van der Waals surface area contributed by atoms with Crippen LogP contribution in [0, 0.1) is 0 Å². The second kappa shape index (κ2) is 7.93. The van der Waals surface area contributed by atoms with Crippen molar-refractivity contribution in [2.45, 2.75) is 12.3 Å². The lowest BCUT2D eigenvalue weighted by Crippen LogP contribution is -2.33. The number of primary amides is 1. The lowest BCUT2D eigenvalue weighted by molar-refractivity contribution is -0.119. The zero-order chi connectivity index (χ0) is 15.0. The van der Waals surface area contributed by atoms with Crippen molar-refractivity contribution in [2.24, 2.45) is 5.73 Å². The molecular formula is C12H20N4O3S. The number of hydrogen-bond acceptors (Lipinski definition) is 5. The molecule has 0 aliphatic carbocycles. The number of carbonyl (C=O) groups excluding carboxylic acids is 1. The Labute approximate surface area is 119 Å². The highest BCUT2D eigenvalue weighted by Gasteiger charge is 2.18. The lowest BCUT2D eigenvalue weighted by Gasteiger charge is -2.13. The fourth-order valence-electron chi connectivity index (χ4n) is 1.65. The standard InChI is InChI=1S/C12H20N4O3S/c1-20(18,19)16-8-4-6-14-9-10(12(13)17)11-5-2-3-7-15-11/h2-3,5,7,10,14,16H,4,6,8-9H2,1H3,(H2,13,17). The van der Waals surface area contributed by atoms with Crippen LogP contribution in [0.5, 0.6) is 0 Å². The Hall–Kier alpha value is -1.51. The van der Waals surface area contributed by atoms with Crippen molar-refractivity contribution >= 4 is 15.9 Å². The number of nitrogens with one attached hydrogen (secondary N) is 2. The number of pyridine rings is 1. The molecule has 1 aromatic heterocycles. The fraction of sp³-hybridized carbons (Fsp3) is 0.500. The Morgan fingerprint density at radius 2 is 2.15 bits per heavy atom. The summed E-state index contributed by atoms with van der Waals surface area (Å²) in [6.07, 6.45) is 3.35. The van der Waals surface area contributed by atoms with Crippen LogP contribution in [-0.4, -0.2) is 45.2 Å². The molecule has 1 heterocycles. The molecule has 7 nitrogen and oxygen atoms in total. The molecular weight excluding hydrogens is 280 g/mol. The van der Waals surface area contributed by atoms with E-state index in [2.05, 4.69) is 15.0 Å². The summed E-state index contributed by atoms with van der Waals surface area (Å²) in [7, 11) is -3.15. The molecule has 0 radical (unpaired) electrons. The highest BCUT2D eigenvalue weighted by molar-refractivity contribution is 7.88. The van der Waals surface area contributed by atoms with E-state index in [-0.39, 0.29) is 0 Å².